The van der Waals surface area contributed by atoms with Crippen LogP contribution in [0.25, 0.3) is 10.8 Å². The summed E-state index contributed by atoms with van der Waals surface area (Å²) >= 11 is 12.2. The van der Waals surface area contributed by atoms with Gasteiger partial charge in [-0.2, -0.15) is 5.01 Å². The molecule has 244 valence electrons. The number of carbonyl (C=O) groups is 3. The molecule has 2 fully saturated rings. The number of phenols is 1. The normalized spacial score (nSPS) is 18.1. The number of nitrogens with zero attached hydrogens (tertiary/aromatic N) is 4. The monoisotopic (exact) mass is 674 g/mol. The molecule has 0 unspecified atom stereocenters. The maximum atomic E-state index is 14.3. The van der Waals surface area contributed by atoms with E-state index in [1.54, 1.807) is 50.1 Å². The Kier molecular flexibility index (Phi) is 9.45. The number of hydrogen-bond acceptors (Lipinski definition) is 6. The lowest BCUT2D eigenvalue weighted by Gasteiger charge is -2.46. The number of piperazine rings is 1. The van der Waals surface area contributed by atoms with Crippen molar-refractivity contribution >= 4 is 57.5 Å². The van der Waals surface area contributed by atoms with Crippen LogP contribution >= 0.6 is 23.2 Å². The highest BCUT2D eigenvalue weighted by Crippen LogP contribution is 2.32. The Morgan fingerprint density at radius 1 is 1.00 bits per heavy atom. The summed E-state index contributed by atoms with van der Waals surface area (Å²) in [5.41, 5.74) is 8.66. The molecule has 0 aromatic heterocycles. The number of nitrogens with one attached hydrogen (secondary N) is 1. The average Bonchev–Trinajstić information content (AvgIpc) is 3.38. The number of hydrogen-bond donors (Lipinski definition) is 3. The molecule has 6 rings (SSSR count). The fraction of sp³-hybridized carbons (Fsp3) is 0.286. The van der Waals surface area contributed by atoms with E-state index in [0.29, 0.717) is 35.1 Å². The summed E-state index contributed by atoms with van der Waals surface area (Å²) in [5, 5.41) is 19.2. The number of halogens is 2. The Hall–Kier alpha value is -4.51. The van der Waals surface area contributed by atoms with Crippen LogP contribution in [0.5, 0.6) is 5.75 Å². The molecule has 12 heteroatoms. The number of rotatable bonds is 9. The van der Waals surface area contributed by atoms with Crippen molar-refractivity contribution in [1.29, 1.82) is 0 Å². The van der Waals surface area contributed by atoms with E-state index in [-0.39, 0.29) is 55.3 Å². The van der Waals surface area contributed by atoms with Crippen LogP contribution in [0.1, 0.15) is 30.0 Å². The standard InChI is InChI=1S/C35H36Cl2N6O4/c1-2-14-41(35(47)39-18-23-10-12-27(36)28(37)15-23)42-21-33(45)43-30(17-22-11-13-31(44)29(38)16-22)34(46)40(20-32(42)43)19-25-8-5-7-24-6-3-4-9-26(24)25/h3-13,15-16,30,32,44H,2,14,17-21,38H2,1H3,(H,39,47)/t30-,32+/m0/s1. The summed E-state index contributed by atoms with van der Waals surface area (Å²) in [5.74, 6) is -0.491. The maximum Gasteiger partial charge on any atom is 0.332 e. The Labute approximate surface area is 283 Å². The van der Waals surface area contributed by atoms with E-state index >= 15 is 0 Å². The molecular formula is C35H36Cl2N6O4. The molecular weight excluding hydrogens is 639 g/mol. The van der Waals surface area contributed by atoms with E-state index in [1.807, 2.05) is 49.4 Å². The van der Waals surface area contributed by atoms with Crippen molar-refractivity contribution in [3.05, 3.63) is 106 Å². The van der Waals surface area contributed by atoms with Gasteiger partial charge in [0, 0.05) is 26.1 Å². The first-order valence-electron chi connectivity index (χ1n) is 15.5. The number of phenolic OH excluding ortho intramolecular Hbond substituents is 1. The fourth-order valence-electron chi connectivity index (χ4n) is 6.46. The molecule has 10 nitrogen and oxygen atoms in total. The van der Waals surface area contributed by atoms with Gasteiger partial charge in [0.25, 0.3) is 0 Å². The lowest BCUT2D eigenvalue weighted by atomic mass is 9.98. The highest BCUT2D eigenvalue weighted by molar-refractivity contribution is 6.42. The van der Waals surface area contributed by atoms with Crippen LogP contribution in [0.15, 0.2) is 78.9 Å². The highest BCUT2D eigenvalue weighted by Gasteiger charge is 2.52. The first-order valence-corrected chi connectivity index (χ1v) is 16.3. The third-order valence-corrected chi connectivity index (χ3v) is 9.48. The first kappa shape index (κ1) is 32.4. The number of benzene rings is 4. The van der Waals surface area contributed by atoms with Crippen LogP contribution in [0.2, 0.25) is 10.0 Å². The molecule has 4 N–H and O–H groups in total. The van der Waals surface area contributed by atoms with Crippen molar-refractivity contribution in [2.45, 2.75) is 45.1 Å². The largest absolute Gasteiger partial charge is 0.506 e. The van der Waals surface area contributed by atoms with Gasteiger partial charge in [0.2, 0.25) is 11.8 Å². The van der Waals surface area contributed by atoms with E-state index in [2.05, 4.69) is 5.32 Å². The van der Waals surface area contributed by atoms with Crippen molar-refractivity contribution < 1.29 is 19.5 Å². The SMILES string of the molecule is CCCN(C(=O)NCc1ccc(Cl)c(Cl)c1)N1CC(=O)N2[C@@H](Cc3ccc(O)c(N)c3)C(=O)N(Cc3cccc4ccccc34)C[C@@H]21. The van der Waals surface area contributed by atoms with Crippen LogP contribution < -0.4 is 11.1 Å². The molecule has 2 aliphatic heterocycles. The quantitative estimate of drug-likeness (QED) is 0.162. The highest BCUT2D eigenvalue weighted by atomic mass is 35.5. The van der Waals surface area contributed by atoms with Crippen molar-refractivity contribution in [2.75, 3.05) is 25.4 Å². The second-order valence-corrected chi connectivity index (χ2v) is 12.7. The zero-order chi connectivity index (χ0) is 33.2. The van der Waals surface area contributed by atoms with Gasteiger partial charge < -0.3 is 26.0 Å². The average molecular weight is 676 g/mol. The number of hydrazine groups is 1. The number of aromatic hydroxyl groups is 1. The third-order valence-electron chi connectivity index (χ3n) is 8.74. The first-order chi connectivity index (χ1) is 22.6. The number of nitrogens with two attached hydrogens (primary N) is 1. The van der Waals surface area contributed by atoms with Crippen LogP contribution in [0.4, 0.5) is 10.5 Å². The van der Waals surface area contributed by atoms with E-state index in [1.165, 1.54) is 6.07 Å². The van der Waals surface area contributed by atoms with Gasteiger partial charge in [0.1, 0.15) is 18.0 Å². The lowest BCUT2D eigenvalue weighted by Crippen LogP contribution is -2.66. The third kappa shape index (κ3) is 6.67. The zero-order valence-corrected chi connectivity index (χ0v) is 27.4. The summed E-state index contributed by atoms with van der Waals surface area (Å²) in [6, 6.07) is 22.8. The topological polar surface area (TPSA) is 122 Å². The van der Waals surface area contributed by atoms with Gasteiger partial charge >= 0.3 is 6.03 Å². The smallest absolute Gasteiger partial charge is 0.332 e. The van der Waals surface area contributed by atoms with Crippen LogP contribution in [-0.2, 0) is 29.1 Å². The summed E-state index contributed by atoms with van der Waals surface area (Å²) in [6.45, 7) is 3.02. The van der Waals surface area contributed by atoms with Crippen LogP contribution in [-0.4, -0.2) is 74.6 Å². The number of amides is 4. The number of anilines is 1. The van der Waals surface area contributed by atoms with E-state index in [9.17, 15) is 19.5 Å². The zero-order valence-electron chi connectivity index (χ0n) is 25.9. The summed E-state index contributed by atoms with van der Waals surface area (Å²) < 4.78 is 0. The molecule has 0 radical (unpaired) electrons. The molecule has 0 saturated carbocycles. The molecule has 0 aliphatic carbocycles. The van der Waals surface area contributed by atoms with Crippen LogP contribution in [0.3, 0.4) is 0 Å². The van der Waals surface area contributed by atoms with E-state index in [4.69, 9.17) is 28.9 Å². The van der Waals surface area contributed by atoms with Crippen LogP contribution in [0, 0.1) is 0 Å². The number of urea groups is 1. The molecule has 0 spiro atoms. The Bertz CT molecular complexity index is 1830. The van der Waals surface area contributed by atoms with Gasteiger partial charge in [-0.15, -0.1) is 0 Å². The molecule has 4 aromatic rings. The Balaban J connectivity index is 1.31. The van der Waals surface area contributed by atoms with E-state index < -0.39 is 12.2 Å². The van der Waals surface area contributed by atoms with Gasteiger partial charge in [0.05, 0.1) is 28.8 Å². The molecule has 2 aliphatic rings. The fourth-order valence-corrected chi connectivity index (χ4v) is 6.78. The molecule has 2 heterocycles. The molecule has 4 amide bonds. The summed E-state index contributed by atoms with van der Waals surface area (Å²) in [6.07, 6.45) is 0.256. The van der Waals surface area contributed by atoms with Crippen molar-refractivity contribution in [3.63, 3.8) is 0 Å². The number of carbonyl (C=O) groups excluding carboxylic acids is 3. The molecule has 4 aromatic carbocycles. The van der Waals surface area contributed by atoms with Gasteiger partial charge in [-0.25, -0.2) is 4.79 Å². The lowest BCUT2D eigenvalue weighted by molar-refractivity contribution is -0.157. The van der Waals surface area contributed by atoms with Crippen molar-refractivity contribution in [2.24, 2.45) is 0 Å². The molecule has 47 heavy (non-hydrogen) atoms. The van der Waals surface area contributed by atoms with Gasteiger partial charge in [-0.1, -0.05) is 84.7 Å². The minimum absolute atomic E-state index is 0.0512. The second kappa shape index (κ2) is 13.7. The maximum absolute atomic E-state index is 14.3. The van der Waals surface area contributed by atoms with E-state index in [0.717, 1.165) is 21.9 Å². The minimum atomic E-state index is -0.840. The van der Waals surface area contributed by atoms with Crippen molar-refractivity contribution in [3.8, 4) is 5.75 Å². The van der Waals surface area contributed by atoms with Gasteiger partial charge in [0.15, 0.2) is 0 Å². The Morgan fingerprint density at radius 2 is 1.77 bits per heavy atom. The molecule has 2 saturated heterocycles. The molecule has 0 bridgehead atoms. The summed E-state index contributed by atoms with van der Waals surface area (Å²) in [7, 11) is 0. The molecule has 2 atom stereocenters. The van der Waals surface area contributed by atoms with Gasteiger partial charge in [-0.05, 0) is 58.1 Å². The second-order valence-electron chi connectivity index (χ2n) is 11.9. The van der Waals surface area contributed by atoms with Gasteiger partial charge in [-0.3, -0.25) is 14.6 Å². The minimum Gasteiger partial charge on any atom is -0.506 e. The number of fused-ring (bicyclic) bond motifs is 2. The Morgan fingerprint density at radius 3 is 2.53 bits per heavy atom. The predicted octanol–water partition coefficient (Wildman–Crippen LogP) is 5.40. The summed E-state index contributed by atoms with van der Waals surface area (Å²) in [4.78, 5) is 45.2. The van der Waals surface area contributed by atoms with Crippen molar-refractivity contribution in [1.82, 2.24) is 25.1 Å². The predicted molar refractivity (Wildman–Crippen MR) is 182 cm³/mol. The number of nitrogen functional groups attached to an aromatic ring is 1.